The van der Waals surface area contributed by atoms with Crippen molar-refractivity contribution in [2.75, 3.05) is 19.6 Å². The van der Waals surface area contributed by atoms with Crippen LogP contribution in [-0.2, 0) is 6.42 Å². The third kappa shape index (κ3) is 10.9. The number of aromatic amines is 1. The number of hydrogen-bond donors (Lipinski definition) is 2. The van der Waals surface area contributed by atoms with Gasteiger partial charge in [0.2, 0.25) is 0 Å². The SMILES string of the molecule is C=C(CCCCCCC/C=C\C/C=C\CCCCC)Cc1cccc2[nH]cc(C(S)CN3CCCC3)c12. The van der Waals surface area contributed by atoms with Crippen LogP contribution in [0, 0.1) is 0 Å². The maximum atomic E-state index is 5.02. The van der Waals surface area contributed by atoms with Crippen molar-refractivity contribution in [1.82, 2.24) is 9.88 Å². The summed E-state index contributed by atoms with van der Waals surface area (Å²) < 4.78 is 0. The number of unbranched alkanes of at least 4 members (excludes halogenated alkanes) is 8. The highest BCUT2D eigenvalue weighted by molar-refractivity contribution is 7.80. The van der Waals surface area contributed by atoms with Gasteiger partial charge < -0.3 is 9.88 Å². The molecule has 0 radical (unpaired) electrons. The van der Waals surface area contributed by atoms with Gasteiger partial charge in [-0.2, -0.15) is 12.6 Å². The van der Waals surface area contributed by atoms with Crippen LogP contribution in [0.4, 0.5) is 0 Å². The number of thiol groups is 1. The number of H-pyrrole nitrogens is 1. The molecule has 1 unspecified atom stereocenters. The number of nitrogens with one attached hydrogen (secondary N) is 1. The van der Waals surface area contributed by atoms with Crippen molar-refractivity contribution < 1.29 is 0 Å². The van der Waals surface area contributed by atoms with Crippen molar-refractivity contribution in [1.29, 1.82) is 0 Å². The average Bonchev–Trinajstić information content (AvgIpc) is 3.57. The van der Waals surface area contributed by atoms with Gasteiger partial charge in [0, 0.05) is 28.9 Å². The van der Waals surface area contributed by atoms with E-state index in [-0.39, 0.29) is 5.25 Å². The third-order valence-electron chi connectivity index (χ3n) is 7.73. The van der Waals surface area contributed by atoms with E-state index in [1.807, 2.05) is 0 Å². The van der Waals surface area contributed by atoms with Crippen molar-refractivity contribution in [3.8, 4) is 0 Å². The predicted octanol–water partition coefficient (Wildman–Crippen LogP) is 10.1. The summed E-state index contributed by atoms with van der Waals surface area (Å²) in [6, 6.07) is 6.66. The zero-order valence-corrected chi connectivity index (χ0v) is 24.4. The molecule has 2 aromatic rings. The molecule has 1 aromatic heterocycles. The number of nitrogens with zero attached hydrogens (tertiary/aromatic N) is 1. The van der Waals surface area contributed by atoms with E-state index in [0.29, 0.717) is 0 Å². The summed E-state index contributed by atoms with van der Waals surface area (Å²) in [6.07, 6.45) is 30.5. The van der Waals surface area contributed by atoms with Gasteiger partial charge in [0.1, 0.15) is 0 Å². The molecule has 0 amide bonds. The van der Waals surface area contributed by atoms with Gasteiger partial charge in [-0.1, -0.05) is 87.6 Å². The third-order valence-corrected chi connectivity index (χ3v) is 8.17. The van der Waals surface area contributed by atoms with E-state index in [9.17, 15) is 0 Å². The number of aromatic nitrogens is 1. The summed E-state index contributed by atoms with van der Waals surface area (Å²) in [7, 11) is 0. The van der Waals surface area contributed by atoms with Crippen LogP contribution in [0.3, 0.4) is 0 Å². The molecule has 0 bridgehead atoms. The Bertz CT molecular complexity index is 963. The molecule has 37 heavy (non-hydrogen) atoms. The molecular weight excluding hydrogens is 468 g/mol. The Hall–Kier alpha value is -1.71. The van der Waals surface area contributed by atoms with Crippen LogP contribution in [0.25, 0.3) is 10.9 Å². The molecule has 1 saturated heterocycles. The molecule has 0 aliphatic carbocycles. The summed E-state index contributed by atoms with van der Waals surface area (Å²) >= 11 is 5.02. The lowest BCUT2D eigenvalue weighted by atomic mass is 9.96. The Kier molecular flexibility index (Phi) is 14.3. The van der Waals surface area contributed by atoms with Crippen LogP contribution in [0.1, 0.15) is 113 Å². The Morgan fingerprint density at radius 2 is 1.68 bits per heavy atom. The lowest BCUT2D eigenvalue weighted by molar-refractivity contribution is 0.341. The van der Waals surface area contributed by atoms with E-state index in [1.165, 1.54) is 118 Å². The number of rotatable bonds is 19. The number of fused-ring (bicyclic) bond motifs is 1. The van der Waals surface area contributed by atoms with Crippen LogP contribution >= 0.6 is 12.6 Å². The number of likely N-dealkylation sites (tertiary alicyclic amines) is 1. The lowest BCUT2D eigenvalue weighted by Crippen LogP contribution is -2.23. The van der Waals surface area contributed by atoms with Crippen LogP contribution in [0.15, 0.2) is 60.9 Å². The van der Waals surface area contributed by atoms with E-state index in [1.54, 1.807) is 0 Å². The topological polar surface area (TPSA) is 19.0 Å². The average molecular weight is 521 g/mol. The van der Waals surface area contributed by atoms with E-state index >= 15 is 0 Å². The standard InChI is InChI=1S/C34H52N2S/c1-3-4-5-6-7-8-9-10-11-12-13-14-15-16-17-21-29(2)26-30-22-20-23-32-34(30)31(27-35-32)33(37)28-36-24-18-19-25-36/h7-8,10-11,20,22-23,27,33,35,37H,2-6,9,12-19,21,24-26,28H2,1H3/b8-7-,11-10-. The Morgan fingerprint density at radius 3 is 2.43 bits per heavy atom. The van der Waals surface area contributed by atoms with E-state index in [4.69, 9.17) is 12.6 Å². The van der Waals surface area contributed by atoms with Gasteiger partial charge in [-0.15, -0.1) is 0 Å². The minimum absolute atomic E-state index is 0.253. The monoisotopic (exact) mass is 520 g/mol. The summed E-state index contributed by atoms with van der Waals surface area (Å²) in [5, 5.41) is 1.63. The van der Waals surface area contributed by atoms with Gasteiger partial charge in [0.25, 0.3) is 0 Å². The molecule has 2 heterocycles. The molecule has 1 aliphatic heterocycles. The van der Waals surface area contributed by atoms with Gasteiger partial charge in [0.05, 0.1) is 0 Å². The number of hydrogen-bond acceptors (Lipinski definition) is 2. The minimum Gasteiger partial charge on any atom is -0.361 e. The number of allylic oxidation sites excluding steroid dienone is 5. The largest absolute Gasteiger partial charge is 0.361 e. The van der Waals surface area contributed by atoms with E-state index < -0.39 is 0 Å². The Morgan fingerprint density at radius 1 is 0.973 bits per heavy atom. The van der Waals surface area contributed by atoms with E-state index in [0.717, 1.165) is 25.8 Å². The second-order valence-electron chi connectivity index (χ2n) is 11.0. The molecule has 1 fully saturated rings. The van der Waals surface area contributed by atoms with Gasteiger partial charge >= 0.3 is 0 Å². The fourth-order valence-electron chi connectivity index (χ4n) is 5.55. The number of benzene rings is 1. The highest BCUT2D eigenvalue weighted by atomic mass is 32.1. The summed E-state index contributed by atoms with van der Waals surface area (Å²) in [4.78, 5) is 6.06. The van der Waals surface area contributed by atoms with E-state index in [2.05, 4.69) is 72.1 Å². The fourth-order valence-corrected chi connectivity index (χ4v) is 5.99. The van der Waals surface area contributed by atoms with Gasteiger partial charge in [-0.3, -0.25) is 0 Å². The van der Waals surface area contributed by atoms with Crippen molar-refractivity contribution in [2.24, 2.45) is 0 Å². The highest BCUT2D eigenvalue weighted by Gasteiger charge is 2.20. The zero-order valence-electron chi connectivity index (χ0n) is 23.5. The maximum Gasteiger partial charge on any atom is 0.0460 e. The van der Waals surface area contributed by atoms with Crippen LogP contribution in [0.5, 0.6) is 0 Å². The first-order valence-corrected chi connectivity index (χ1v) is 15.7. The van der Waals surface area contributed by atoms with Crippen molar-refractivity contribution >= 4 is 23.5 Å². The molecule has 1 aliphatic rings. The van der Waals surface area contributed by atoms with Crippen molar-refractivity contribution in [3.63, 3.8) is 0 Å². The second kappa shape index (κ2) is 17.7. The van der Waals surface area contributed by atoms with Crippen LogP contribution in [-0.4, -0.2) is 29.5 Å². The maximum absolute atomic E-state index is 5.02. The van der Waals surface area contributed by atoms with Crippen LogP contribution in [0.2, 0.25) is 0 Å². The normalized spacial score (nSPS) is 15.5. The minimum atomic E-state index is 0.253. The lowest BCUT2D eigenvalue weighted by Gasteiger charge is -2.20. The summed E-state index contributed by atoms with van der Waals surface area (Å²) in [5.41, 5.74) is 5.35. The molecule has 0 saturated carbocycles. The molecular formula is C34H52N2S. The smallest absolute Gasteiger partial charge is 0.0460 e. The van der Waals surface area contributed by atoms with Gasteiger partial charge in [0.15, 0.2) is 0 Å². The fraction of sp³-hybridized carbons (Fsp3) is 0.588. The molecule has 3 rings (SSSR count). The van der Waals surface area contributed by atoms with Crippen LogP contribution < -0.4 is 0 Å². The first-order valence-electron chi connectivity index (χ1n) is 15.1. The molecule has 204 valence electrons. The van der Waals surface area contributed by atoms with Crippen molar-refractivity contribution in [3.05, 3.63) is 72.0 Å². The molecule has 1 N–H and O–H groups in total. The van der Waals surface area contributed by atoms with Crippen molar-refractivity contribution in [2.45, 2.75) is 108 Å². The predicted molar refractivity (Wildman–Crippen MR) is 168 cm³/mol. The second-order valence-corrected chi connectivity index (χ2v) is 11.6. The van der Waals surface area contributed by atoms with Gasteiger partial charge in [-0.05, 0) is 94.5 Å². The Labute approximate surface area is 233 Å². The highest BCUT2D eigenvalue weighted by Crippen LogP contribution is 2.33. The first kappa shape index (κ1) is 29.8. The molecule has 0 spiro atoms. The first-order chi connectivity index (χ1) is 18.2. The summed E-state index contributed by atoms with van der Waals surface area (Å²) in [5.74, 6) is 0. The van der Waals surface area contributed by atoms with Gasteiger partial charge in [-0.25, -0.2) is 0 Å². The Balaban J connectivity index is 1.31. The molecule has 2 nitrogen and oxygen atoms in total. The zero-order chi connectivity index (χ0) is 26.1. The summed E-state index contributed by atoms with van der Waals surface area (Å²) in [6.45, 7) is 10.2. The molecule has 1 atom stereocenters. The molecule has 1 aromatic carbocycles. The molecule has 3 heteroatoms. The quantitative estimate of drug-likeness (QED) is 0.107.